The van der Waals surface area contributed by atoms with Crippen molar-refractivity contribution >= 4 is 11.9 Å². The molecule has 0 aromatic heterocycles. The maximum absolute atomic E-state index is 12.2. The van der Waals surface area contributed by atoms with Gasteiger partial charge in [0, 0.05) is 18.5 Å². The third-order valence-electron chi connectivity index (χ3n) is 3.29. The summed E-state index contributed by atoms with van der Waals surface area (Å²) in [4.78, 5) is 24.6. The molecule has 1 aliphatic carbocycles. The zero-order chi connectivity index (χ0) is 12.8. The highest BCUT2D eigenvalue weighted by atomic mass is 16.4. The standard InChI is InChI=1S/C12H22N2O3/c1-9(7-13-2)12(17)14(8-11(15)16)10-5-3-4-6-10/h9-10,13H,3-8H2,1-2H3,(H,15,16). The Balaban J connectivity index is 2.67. The first kappa shape index (κ1) is 14.0. The molecule has 1 aliphatic rings. The van der Waals surface area contributed by atoms with Crippen molar-refractivity contribution in [2.75, 3.05) is 20.1 Å². The Morgan fingerprint density at radius 3 is 2.47 bits per heavy atom. The lowest BCUT2D eigenvalue weighted by Gasteiger charge is -2.29. The molecule has 5 heteroatoms. The van der Waals surface area contributed by atoms with E-state index in [2.05, 4.69) is 5.32 Å². The molecule has 17 heavy (non-hydrogen) atoms. The fourth-order valence-electron chi connectivity index (χ4n) is 2.43. The summed E-state index contributed by atoms with van der Waals surface area (Å²) < 4.78 is 0. The van der Waals surface area contributed by atoms with Gasteiger partial charge in [0.15, 0.2) is 0 Å². The first-order valence-electron chi connectivity index (χ1n) is 6.23. The van der Waals surface area contributed by atoms with E-state index in [4.69, 9.17) is 5.11 Å². The fraction of sp³-hybridized carbons (Fsp3) is 0.833. The van der Waals surface area contributed by atoms with Crippen molar-refractivity contribution in [1.82, 2.24) is 10.2 Å². The molecule has 0 bridgehead atoms. The van der Waals surface area contributed by atoms with Crippen molar-refractivity contribution in [3.63, 3.8) is 0 Å². The first-order chi connectivity index (χ1) is 8.06. The van der Waals surface area contributed by atoms with Gasteiger partial charge in [0.25, 0.3) is 0 Å². The van der Waals surface area contributed by atoms with Crippen molar-refractivity contribution in [2.24, 2.45) is 5.92 Å². The maximum atomic E-state index is 12.2. The Kier molecular flexibility index (Phi) is 5.41. The average molecular weight is 242 g/mol. The van der Waals surface area contributed by atoms with Crippen molar-refractivity contribution in [1.29, 1.82) is 0 Å². The number of rotatable bonds is 6. The number of aliphatic carboxylic acids is 1. The summed E-state index contributed by atoms with van der Waals surface area (Å²) in [6, 6.07) is 0.123. The summed E-state index contributed by atoms with van der Waals surface area (Å²) in [5, 5.41) is 11.8. The number of carbonyl (C=O) groups is 2. The van der Waals surface area contributed by atoms with Gasteiger partial charge < -0.3 is 15.3 Å². The van der Waals surface area contributed by atoms with E-state index in [1.165, 1.54) is 0 Å². The van der Waals surface area contributed by atoms with Crippen LogP contribution in [0.4, 0.5) is 0 Å². The second-order valence-corrected chi connectivity index (χ2v) is 4.76. The first-order valence-corrected chi connectivity index (χ1v) is 6.23. The zero-order valence-electron chi connectivity index (χ0n) is 10.6. The van der Waals surface area contributed by atoms with E-state index >= 15 is 0 Å². The number of nitrogens with one attached hydrogen (secondary N) is 1. The highest BCUT2D eigenvalue weighted by molar-refractivity contribution is 5.83. The molecular weight excluding hydrogens is 220 g/mol. The SMILES string of the molecule is CNCC(C)C(=O)N(CC(=O)O)C1CCCC1. The molecule has 0 aliphatic heterocycles. The minimum atomic E-state index is -0.929. The quantitative estimate of drug-likeness (QED) is 0.719. The van der Waals surface area contributed by atoms with Gasteiger partial charge in [0.1, 0.15) is 6.54 Å². The van der Waals surface area contributed by atoms with Crippen LogP contribution < -0.4 is 5.32 Å². The molecule has 0 aromatic carbocycles. The van der Waals surface area contributed by atoms with E-state index < -0.39 is 5.97 Å². The topological polar surface area (TPSA) is 69.6 Å². The Morgan fingerprint density at radius 1 is 1.41 bits per heavy atom. The highest BCUT2D eigenvalue weighted by Gasteiger charge is 2.30. The molecule has 0 aromatic rings. The second-order valence-electron chi connectivity index (χ2n) is 4.76. The number of hydrogen-bond donors (Lipinski definition) is 2. The van der Waals surface area contributed by atoms with Gasteiger partial charge >= 0.3 is 5.97 Å². The highest BCUT2D eigenvalue weighted by Crippen LogP contribution is 2.24. The van der Waals surface area contributed by atoms with Gasteiger partial charge in [-0.1, -0.05) is 19.8 Å². The number of carboxylic acids is 1. The Bertz CT molecular complexity index is 275. The van der Waals surface area contributed by atoms with Crippen LogP contribution in [0.5, 0.6) is 0 Å². The lowest BCUT2D eigenvalue weighted by atomic mass is 10.1. The van der Waals surface area contributed by atoms with Crippen LogP contribution in [0, 0.1) is 5.92 Å². The maximum Gasteiger partial charge on any atom is 0.323 e. The van der Waals surface area contributed by atoms with Crippen LogP contribution in [0.2, 0.25) is 0 Å². The molecule has 1 rings (SSSR count). The van der Waals surface area contributed by atoms with E-state index in [-0.39, 0.29) is 24.4 Å². The lowest BCUT2D eigenvalue weighted by Crippen LogP contribution is -2.46. The van der Waals surface area contributed by atoms with Gasteiger partial charge in [-0.2, -0.15) is 0 Å². The summed E-state index contributed by atoms with van der Waals surface area (Å²) in [5.74, 6) is -1.14. The molecular formula is C12H22N2O3. The molecule has 0 saturated heterocycles. The molecule has 1 amide bonds. The van der Waals surface area contributed by atoms with E-state index in [0.29, 0.717) is 6.54 Å². The van der Waals surface area contributed by atoms with Crippen LogP contribution in [0.1, 0.15) is 32.6 Å². The summed E-state index contributed by atoms with van der Waals surface area (Å²) in [5.41, 5.74) is 0. The van der Waals surface area contributed by atoms with Gasteiger partial charge in [-0.3, -0.25) is 9.59 Å². The van der Waals surface area contributed by atoms with Crippen LogP contribution in [0.3, 0.4) is 0 Å². The van der Waals surface area contributed by atoms with Crippen molar-refractivity contribution in [3.05, 3.63) is 0 Å². The Labute approximate surface area is 102 Å². The van der Waals surface area contributed by atoms with E-state index in [9.17, 15) is 9.59 Å². The number of hydrogen-bond acceptors (Lipinski definition) is 3. The minimum absolute atomic E-state index is 0.0475. The molecule has 0 spiro atoms. The summed E-state index contributed by atoms with van der Waals surface area (Å²) in [6.07, 6.45) is 4.06. The van der Waals surface area contributed by atoms with Crippen molar-refractivity contribution in [3.8, 4) is 0 Å². The monoisotopic (exact) mass is 242 g/mol. The second kappa shape index (κ2) is 6.59. The fourth-order valence-corrected chi connectivity index (χ4v) is 2.43. The number of nitrogens with zero attached hydrogens (tertiary/aromatic N) is 1. The molecule has 5 nitrogen and oxygen atoms in total. The normalized spacial score (nSPS) is 18.0. The molecule has 1 atom stereocenters. The van der Waals surface area contributed by atoms with E-state index in [1.807, 2.05) is 6.92 Å². The van der Waals surface area contributed by atoms with Crippen LogP contribution in [-0.2, 0) is 9.59 Å². The van der Waals surface area contributed by atoms with Crippen molar-refractivity contribution < 1.29 is 14.7 Å². The minimum Gasteiger partial charge on any atom is -0.480 e. The summed E-state index contributed by atoms with van der Waals surface area (Å²) >= 11 is 0. The van der Waals surface area contributed by atoms with E-state index in [1.54, 1.807) is 11.9 Å². The zero-order valence-corrected chi connectivity index (χ0v) is 10.6. The predicted molar refractivity (Wildman–Crippen MR) is 64.7 cm³/mol. The van der Waals surface area contributed by atoms with Gasteiger partial charge in [-0.25, -0.2) is 0 Å². The molecule has 0 radical (unpaired) electrons. The number of carbonyl (C=O) groups excluding carboxylic acids is 1. The Hall–Kier alpha value is -1.10. The summed E-state index contributed by atoms with van der Waals surface area (Å²) in [7, 11) is 1.79. The van der Waals surface area contributed by atoms with Crippen molar-refractivity contribution in [2.45, 2.75) is 38.6 Å². The third kappa shape index (κ3) is 4.00. The molecule has 1 fully saturated rings. The van der Waals surface area contributed by atoms with Crippen LogP contribution in [-0.4, -0.2) is 48.1 Å². The lowest BCUT2D eigenvalue weighted by molar-refractivity contribution is -0.147. The Morgan fingerprint density at radius 2 is 2.00 bits per heavy atom. The van der Waals surface area contributed by atoms with Crippen LogP contribution >= 0.6 is 0 Å². The summed E-state index contributed by atoms with van der Waals surface area (Å²) in [6.45, 7) is 2.25. The van der Waals surface area contributed by atoms with Crippen LogP contribution in [0.25, 0.3) is 0 Å². The van der Waals surface area contributed by atoms with Crippen LogP contribution in [0.15, 0.2) is 0 Å². The smallest absolute Gasteiger partial charge is 0.323 e. The predicted octanol–water partition coefficient (Wildman–Crippen LogP) is 0.698. The molecule has 2 N–H and O–H groups in total. The van der Waals surface area contributed by atoms with Gasteiger partial charge in [-0.05, 0) is 19.9 Å². The number of carboxylic acid groups (broad SMARTS) is 1. The third-order valence-corrected chi connectivity index (χ3v) is 3.29. The molecule has 1 saturated carbocycles. The molecule has 0 heterocycles. The average Bonchev–Trinajstić information content (AvgIpc) is 2.78. The van der Waals surface area contributed by atoms with Gasteiger partial charge in [0.2, 0.25) is 5.91 Å². The largest absolute Gasteiger partial charge is 0.480 e. The molecule has 1 unspecified atom stereocenters. The van der Waals surface area contributed by atoms with Gasteiger partial charge in [0.05, 0.1) is 0 Å². The van der Waals surface area contributed by atoms with E-state index in [0.717, 1.165) is 25.7 Å². The number of amides is 1. The molecule has 98 valence electrons. The van der Waals surface area contributed by atoms with Gasteiger partial charge in [-0.15, -0.1) is 0 Å².